The van der Waals surface area contributed by atoms with E-state index in [0.717, 1.165) is 16.3 Å². The number of carbonyl (C=O) groups excluding carboxylic acids is 2. The highest BCUT2D eigenvalue weighted by Crippen LogP contribution is 2.29. The van der Waals surface area contributed by atoms with Gasteiger partial charge in [0, 0.05) is 12.6 Å². The van der Waals surface area contributed by atoms with Crippen LogP contribution in [0.3, 0.4) is 0 Å². The predicted molar refractivity (Wildman–Crippen MR) is 179 cm³/mol. The summed E-state index contributed by atoms with van der Waals surface area (Å²) in [6.07, 6.45) is 1.06. The van der Waals surface area contributed by atoms with E-state index >= 15 is 0 Å². The zero-order valence-corrected chi connectivity index (χ0v) is 27.4. The molecule has 0 aliphatic heterocycles. The lowest BCUT2D eigenvalue weighted by Crippen LogP contribution is -2.53. The molecule has 4 rings (SSSR count). The number of anilines is 1. The highest BCUT2D eigenvalue weighted by molar-refractivity contribution is 7.92. The normalized spacial score (nSPS) is 12.4. The summed E-state index contributed by atoms with van der Waals surface area (Å²) >= 11 is 0. The minimum Gasteiger partial charge on any atom is -0.497 e. The zero-order chi connectivity index (χ0) is 33.1. The summed E-state index contributed by atoms with van der Waals surface area (Å²) < 4.78 is 40.4. The monoisotopic (exact) mass is 643 g/mol. The Bertz CT molecular complexity index is 1660. The predicted octanol–water partition coefficient (Wildman–Crippen LogP) is 6.40. The van der Waals surface area contributed by atoms with Gasteiger partial charge in [-0.25, -0.2) is 8.42 Å². The summed E-state index contributed by atoms with van der Waals surface area (Å²) in [7, 11) is -2.62. The quantitative estimate of drug-likeness (QED) is 0.161. The maximum Gasteiger partial charge on any atom is 0.264 e. The van der Waals surface area contributed by atoms with Gasteiger partial charge in [0.05, 0.1) is 17.7 Å². The molecule has 0 bridgehead atoms. The van der Waals surface area contributed by atoms with Gasteiger partial charge in [-0.05, 0) is 86.0 Å². The smallest absolute Gasteiger partial charge is 0.264 e. The first-order chi connectivity index (χ1) is 22.2. The molecule has 2 unspecified atom stereocenters. The van der Waals surface area contributed by atoms with Gasteiger partial charge >= 0.3 is 0 Å². The minimum absolute atomic E-state index is 0.0377. The highest BCUT2D eigenvalue weighted by Gasteiger charge is 2.34. The minimum atomic E-state index is -4.18. The van der Waals surface area contributed by atoms with Gasteiger partial charge in [-0.15, -0.1) is 0 Å². The fraction of sp³-hybridized carbons (Fsp3) is 0.278. The Labute approximate surface area is 271 Å². The van der Waals surface area contributed by atoms with Gasteiger partial charge in [0.2, 0.25) is 11.8 Å². The van der Waals surface area contributed by atoms with Gasteiger partial charge in [-0.2, -0.15) is 0 Å². The maximum atomic E-state index is 14.3. The number of para-hydroxylation sites is 1. The second kappa shape index (κ2) is 15.9. The molecule has 0 heterocycles. The van der Waals surface area contributed by atoms with Crippen LogP contribution >= 0.6 is 0 Å². The molecular formula is C36H41N3O6S. The summed E-state index contributed by atoms with van der Waals surface area (Å²) in [5.41, 5.74) is 1.04. The Morgan fingerprint density at radius 3 is 1.89 bits per heavy atom. The number of rotatable bonds is 15. The Kier molecular flexibility index (Phi) is 11.8. The van der Waals surface area contributed by atoms with Crippen molar-refractivity contribution in [2.24, 2.45) is 0 Å². The molecule has 0 spiro atoms. The van der Waals surface area contributed by atoms with Gasteiger partial charge in [0.1, 0.15) is 29.8 Å². The molecule has 10 heteroatoms. The van der Waals surface area contributed by atoms with Crippen molar-refractivity contribution in [1.29, 1.82) is 0 Å². The number of nitrogens with one attached hydrogen (secondary N) is 1. The molecule has 0 aromatic heterocycles. The molecule has 4 aromatic rings. The van der Waals surface area contributed by atoms with E-state index in [-0.39, 0.29) is 29.1 Å². The highest BCUT2D eigenvalue weighted by atomic mass is 32.2. The first-order valence-electron chi connectivity index (χ1n) is 15.3. The number of methoxy groups -OCH3 is 1. The van der Waals surface area contributed by atoms with Crippen LogP contribution in [0.2, 0.25) is 0 Å². The number of hydrogen-bond acceptors (Lipinski definition) is 6. The van der Waals surface area contributed by atoms with Gasteiger partial charge < -0.3 is 19.7 Å². The molecular weight excluding hydrogens is 602 g/mol. The first-order valence-corrected chi connectivity index (χ1v) is 16.7. The van der Waals surface area contributed by atoms with Crippen LogP contribution in [0, 0.1) is 0 Å². The lowest BCUT2D eigenvalue weighted by Gasteiger charge is -2.33. The van der Waals surface area contributed by atoms with E-state index in [2.05, 4.69) is 5.32 Å². The molecule has 9 nitrogen and oxygen atoms in total. The van der Waals surface area contributed by atoms with Gasteiger partial charge in [0.25, 0.3) is 10.0 Å². The summed E-state index contributed by atoms with van der Waals surface area (Å²) in [5, 5.41) is 2.99. The average Bonchev–Trinajstić information content (AvgIpc) is 3.08. The van der Waals surface area contributed by atoms with E-state index in [4.69, 9.17) is 9.47 Å². The number of amides is 2. The SMILES string of the molecule is CCC(C)NC(=O)C(CC)N(Cc1ccc(OC)cc1)C(=O)CN(c1ccc(Oc2ccccc2)cc1)S(=O)(=O)c1ccccc1. The third kappa shape index (κ3) is 8.66. The van der Waals surface area contributed by atoms with Crippen molar-refractivity contribution < 1.29 is 27.5 Å². The summed E-state index contributed by atoms with van der Waals surface area (Å²) in [6.45, 7) is 5.27. The average molecular weight is 644 g/mol. The van der Waals surface area contributed by atoms with Gasteiger partial charge in [-0.3, -0.25) is 13.9 Å². The first kappa shape index (κ1) is 34.1. The summed E-state index contributed by atoms with van der Waals surface area (Å²) in [4.78, 5) is 29.3. The van der Waals surface area contributed by atoms with Crippen molar-refractivity contribution in [3.05, 3.63) is 115 Å². The topological polar surface area (TPSA) is 105 Å². The third-order valence-corrected chi connectivity index (χ3v) is 9.40. The number of hydrogen-bond donors (Lipinski definition) is 1. The van der Waals surface area contributed by atoms with E-state index in [9.17, 15) is 18.0 Å². The van der Waals surface area contributed by atoms with Crippen molar-refractivity contribution in [3.8, 4) is 17.2 Å². The van der Waals surface area contributed by atoms with E-state index in [1.165, 1.54) is 17.0 Å². The molecule has 46 heavy (non-hydrogen) atoms. The second-order valence-corrected chi connectivity index (χ2v) is 12.7. The molecule has 242 valence electrons. The lowest BCUT2D eigenvalue weighted by molar-refractivity contribution is -0.140. The largest absolute Gasteiger partial charge is 0.497 e. The summed E-state index contributed by atoms with van der Waals surface area (Å²) in [5.74, 6) is 0.981. The molecule has 0 saturated carbocycles. The van der Waals surface area contributed by atoms with Gasteiger partial charge in [-0.1, -0.05) is 62.4 Å². The fourth-order valence-corrected chi connectivity index (χ4v) is 6.28. The number of carbonyl (C=O) groups is 2. The van der Waals surface area contributed by atoms with E-state index < -0.39 is 28.5 Å². The summed E-state index contributed by atoms with van der Waals surface area (Å²) in [6, 6.07) is 30.0. The molecule has 4 aromatic carbocycles. The van der Waals surface area contributed by atoms with E-state index in [0.29, 0.717) is 23.7 Å². The van der Waals surface area contributed by atoms with E-state index in [1.807, 2.05) is 63.2 Å². The second-order valence-electron chi connectivity index (χ2n) is 10.8. The molecule has 0 radical (unpaired) electrons. The number of benzene rings is 4. The van der Waals surface area contributed by atoms with Crippen molar-refractivity contribution in [2.75, 3.05) is 18.0 Å². The molecule has 0 aliphatic rings. The molecule has 0 saturated heterocycles. The molecule has 2 atom stereocenters. The number of nitrogens with zero attached hydrogens (tertiary/aromatic N) is 2. The van der Waals surface area contributed by atoms with Crippen molar-refractivity contribution in [1.82, 2.24) is 10.2 Å². The van der Waals surface area contributed by atoms with Crippen LogP contribution in [0.4, 0.5) is 5.69 Å². The standard InChI is InChI=1S/C36H41N3O6S/c1-5-27(3)37-36(41)34(6-2)38(25-28-17-21-30(44-4)22-18-28)35(40)26-39(46(42,43)33-15-11-8-12-16-33)29-19-23-32(24-20-29)45-31-13-9-7-10-14-31/h7-24,27,34H,5-6,25-26H2,1-4H3,(H,37,41). The van der Waals surface area contributed by atoms with Crippen molar-refractivity contribution in [3.63, 3.8) is 0 Å². The van der Waals surface area contributed by atoms with Crippen LogP contribution < -0.4 is 19.1 Å². The fourth-order valence-electron chi connectivity index (χ4n) is 4.84. The van der Waals surface area contributed by atoms with Crippen LogP contribution in [0.5, 0.6) is 17.2 Å². The van der Waals surface area contributed by atoms with Crippen LogP contribution in [0.15, 0.2) is 114 Å². The van der Waals surface area contributed by atoms with Crippen LogP contribution in [0.25, 0.3) is 0 Å². The third-order valence-electron chi connectivity index (χ3n) is 7.61. The van der Waals surface area contributed by atoms with Crippen LogP contribution in [-0.4, -0.2) is 50.9 Å². The zero-order valence-electron chi connectivity index (χ0n) is 26.6. The Morgan fingerprint density at radius 1 is 0.761 bits per heavy atom. The lowest BCUT2D eigenvalue weighted by atomic mass is 10.1. The van der Waals surface area contributed by atoms with Crippen LogP contribution in [0.1, 0.15) is 39.2 Å². The molecule has 2 amide bonds. The Hall–Kier alpha value is -4.83. The number of ether oxygens (including phenoxy) is 2. The van der Waals surface area contributed by atoms with Crippen molar-refractivity contribution >= 4 is 27.5 Å². The maximum absolute atomic E-state index is 14.3. The Balaban J connectivity index is 1.71. The Morgan fingerprint density at radius 2 is 1.33 bits per heavy atom. The van der Waals surface area contributed by atoms with E-state index in [1.54, 1.807) is 61.7 Å². The molecule has 0 fully saturated rings. The van der Waals surface area contributed by atoms with Crippen LogP contribution in [-0.2, 0) is 26.2 Å². The molecule has 0 aliphatic carbocycles. The van der Waals surface area contributed by atoms with Gasteiger partial charge in [0.15, 0.2) is 0 Å². The van der Waals surface area contributed by atoms with Crippen molar-refractivity contribution in [2.45, 2.75) is 57.1 Å². The number of sulfonamides is 1. The molecule has 1 N–H and O–H groups in total.